The summed E-state index contributed by atoms with van der Waals surface area (Å²) in [6.07, 6.45) is 3.46. The predicted octanol–water partition coefficient (Wildman–Crippen LogP) is 2.38. The molecule has 5 nitrogen and oxygen atoms in total. The molecule has 1 N–H and O–H groups in total. The van der Waals surface area contributed by atoms with Gasteiger partial charge in [-0.3, -0.25) is 9.69 Å². The van der Waals surface area contributed by atoms with Crippen LogP contribution < -0.4 is 5.32 Å². The predicted molar refractivity (Wildman–Crippen MR) is 97.0 cm³/mol. The van der Waals surface area contributed by atoms with Crippen LogP contribution in [0.15, 0.2) is 18.2 Å². The first-order chi connectivity index (χ1) is 11.6. The molecule has 1 amide bonds. The minimum atomic E-state index is 0.316. The van der Waals surface area contributed by atoms with Crippen molar-refractivity contribution in [2.75, 3.05) is 44.6 Å². The standard InChI is InChI=1S/C19H30N4O/c1-15-6-10-23(11-7-15)19(24)14-22-9-8-17(13-22)12-20-18-5-3-4-16(2)21-18/h3-5,15,17H,6-14H2,1-2H3,(H,20,21)/t17-/m1/s1. The van der Waals surface area contributed by atoms with Gasteiger partial charge in [0, 0.05) is 31.9 Å². The van der Waals surface area contributed by atoms with E-state index in [0.717, 1.165) is 69.4 Å². The normalized spacial score (nSPS) is 22.8. The summed E-state index contributed by atoms with van der Waals surface area (Å²) in [6, 6.07) is 6.06. The molecule has 2 saturated heterocycles. The van der Waals surface area contributed by atoms with Crippen LogP contribution in [0.25, 0.3) is 0 Å². The molecule has 2 fully saturated rings. The van der Waals surface area contributed by atoms with Crippen molar-refractivity contribution in [1.82, 2.24) is 14.8 Å². The van der Waals surface area contributed by atoms with Crippen molar-refractivity contribution in [1.29, 1.82) is 0 Å². The summed E-state index contributed by atoms with van der Waals surface area (Å²) in [7, 11) is 0. The molecule has 5 heteroatoms. The summed E-state index contributed by atoms with van der Waals surface area (Å²) in [5.41, 5.74) is 1.04. The summed E-state index contributed by atoms with van der Waals surface area (Å²) in [4.78, 5) is 21.3. The number of rotatable bonds is 5. The molecule has 132 valence electrons. The molecule has 3 heterocycles. The molecule has 0 unspecified atom stereocenters. The van der Waals surface area contributed by atoms with Gasteiger partial charge in [-0.15, -0.1) is 0 Å². The first-order valence-corrected chi connectivity index (χ1v) is 9.28. The second-order valence-electron chi connectivity index (χ2n) is 7.50. The Bertz CT molecular complexity index is 554. The highest BCUT2D eigenvalue weighted by atomic mass is 16.2. The van der Waals surface area contributed by atoms with Crippen molar-refractivity contribution in [3.05, 3.63) is 23.9 Å². The third-order valence-corrected chi connectivity index (χ3v) is 5.33. The van der Waals surface area contributed by atoms with E-state index in [9.17, 15) is 4.79 Å². The Labute approximate surface area is 145 Å². The van der Waals surface area contributed by atoms with Gasteiger partial charge in [-0.25, -0.2) is 4.98 Å². The van der Waals surface area contributed by atoms with Crippen LogP contribution in [-0.4, -0.2) is 60.0 Å². The maximum absolute atomic E-state index is 12.4. The van der Waals surface area contributed by atoms with Gasteiger partial charge in [-0.1, -0.05) is 13.0 Å². The van der Waals surface area contributed by atoms with E-state index >= 15 is 0 Å². The fourth-order valence-corrected chi connectivity index (χ4v) is 3.66. The Morgan fingerprint density at radius 1 is 1.25 bits per heavy atom. The van der Waals surface area contributed by atoms with Crippen molar-refractivity contribution in [2.24, 2.45) is 11.8 Å². The fraction of sp³-hybridized carbons (Fsp3) is 0.684. The number of aromatic nitrogens is 1. The number of pyridine rings is 1. The van der Waals surface area contributed by atoms with Gasteiger partial charge >= 0.3 is 0 Å². The number of hydrogen-bond donors (Lipinski definition) is 1. The number of hydrogen-bond acceptors (Lipinski definition) is 4. The van der Waals surface area contributed by atoms with Gasteiger partial charge < -0.3 is 10.2 Å². The molecular formula is C19H30N4O. The van der Waals surface area contributed by atoms with Crippen LogP contribution in [0.5, 0.6) is 0 Å². The van der Waals surface area contributed by atoms with Gasteiger partial charge in [0.2, 0.25) is 5.91 Å². The number of anilines is 1. The van der Waals surface area contributed by atoms with Crippen molar-refractivity contribution in [3.63, 3.8) is 0 Å². The number of likely N-dealkylation sites (tertiary alicyclic amines) is 2. The van der Waals surface area contributed by atoms with Crippen molar-refractivity contribution >= 4 is 11.7 Å². The lowest BCUT2D eigenvalue weighted by Gasteiger charge is -2.31. The molecule has 2 aliphatic heterocycles. The molecule has 3 rings (SSSR count). The van der Waals surface area contributed by atoms with Gasteiger partial charge in [-0.2, -0.15) is 0 Å². The third-order valence-electron chi connectivity index (χ3n) is 5.33. The Morgan fingerprint density at radius 2 is 2.04 bits per heavy atom. The van der Waals surface area contributed by atoms with Gasteiger partial charge in [0.05, 0.1) is 6.54 Å². The van der Waals surface area contributed by atoms with Gasteiger partial charge in [0.15, 0.2) is 0 Å². The number of amides is 1. The van der Waals surface area contributed by atoms with Crippen LogP contribution >= 0.6 is 0 Å². The average Bonchev–Trinajstić information content (AvgIpc) is 3.01. The first kappa shape index (κ1) is 17.2. The van der Waals surface area contributed by atoms with Crippen LogP contribution in [0.2, 0.25) is 0 Å². The summed E-state index contributed by atoms with van der Waals surface area (Å²) in [5.74, 6) is 2.64. The molecule has 0 bridgehead atoms. The Balaban J connectivity index is 1.40. The van der Waals surface area contributed by atoms with Crippen molar-refractivity contribution in [3.8, 4) is 0 Å². The maximum Gasteiger partial charge on any atom is 0.236 e. The Hall–Kier alpha value is -1.62. The minimum absolute atomic E-state index is 0.316. The van der Waals surface area contributed by atoms with Crippen LogP contribution in [0, 0.1) is 18.8 Å². The molecule has 24 heavy (non-hydrogen) atoms. The second kappa shape index (κ2) is 7.97. The van der Waals surface area contributed by atoms with Gasteiger partial charge in [-0.05, 0) is 56.7 Å². The number of carbonyl (C=O) groups excluding carboxylic acids is 1. The van der Waals surface area contributed by atoms with Crippen LogP contribution in [-0.2, 0) is 4.79 Å². The first-order valence-electron chi connectivity index (χ1n) is 9.28. The quantitative estimate of drug-likeness (QED) is 0.900. The van der Waals surface area contributed by atoms with E-state index in [4.69, 9.17) is 0 Å². The lowest BCUT2D eigenvalue weighted by molar-refractivity contribution is -0.133. The monoisotopic (exact) mass is 330 g/mol. The topological polar surface area (TPSA) is 48.5 Å². The van der Waals surface area contributed by atoms with Crippen LogP contribution in [0.3, 0.4) is 0 Å². The molecule has 1 atom stereocenters. The second-order valence-corrected chi connectivity index (χ2v) is 7.50. The number of piperidine rings is 1. The minimum Gasteiger partial charge on any atom is -0.370 e. The van der Waals surface area contributed by atoms with E-state index < -0.39 is 0 Å². The van der Waals surface area contributed by atoms with Gasteiger partial charge in [0.25, 0.3) is 0 Å². The highest BCUT2D eigenvalue weighted by Crippen LogP contribution is 2.19. The SMILES string of the molecule is Cc1cccc(NC[C@H]2CCN(CC(=O)N3CCC(C)CC3)C2)n1. The van der Waals surface area contributed by atoms with E-state index in [0.29, 0.717) is 18.4 Å². The average molecular weight is 330 g/mol. The Kier molecular flexibility index (Phi) is 5.72. The van der Waals surface area contributed by atoms with Gasteiger partial charge in [0.1, 0.15) is 5.82 Å². The maximum atomic E-state index is 12.4. The van der Waals surface area contributed by atoms with E-state index in [1.807, 2.05) is 25.1 Å². The fourth-order valence-electron chi connectivity index (χ4n) is 3.66. The van der Waals surface area contributed by atoms with Crippen molar-refractivity contribution in [2.45, 2.75) is 33.1 Å². The lowest BCUT2D eigenvalue weighted by Crippen LogP contribution is -2.43. The molecule has 1 aromatic heterocycles. The largest absolute Gasteiger partial charge is 0.370 e. The molecule has 1 aromatic rings. The highest BCUT2D eigenvalue weighted by Gasteiger charge is 2.27. The lowest BCUT2D eigenvalue weighted by atomic mass is 9.99. The van der Waals surface area contributed by atoms with E-state index in [-0.39, 0.29) is 0 Å². The number of nitrogens with zero attached hydrogens (tertiary/aromatic N) is 3. The number of carbonyl (C=O) groups is 1. The molecule has 0 saturated carbocycles. The Morgan fingerprint density at radius 3 is 2.79 bits per heavy atom. The van der Waals surface area contributed by atoms with Crippen LogP contribution in [0.1, 0.15) is 31.9 Å². The molecule has 0 spiro atoms. The zero-order valence-corrected chi connectivity index (χ0v) is 15.0. The summed E-state index contributed by atoms with van der Waals surface area (Å²) in [6.45, 7) is 9.74. The van der Waals surface area contributed by atoms with E-state index in [2.05, 4.69) is 27.0 Å². The molecule has 2 aliphatic rings. The zero-order valence-electron chi connectivity index (χ0n) is 15.0. The summed E-state index contributed by atoms with van der Waals surface area (Å²) < 4.78 is 0. The van der Waals surface area contributed by atoms with Crippen molar-refractivity contribution < 1.29 is 4.79 Å². The van der Waals surface area contributed by atoms with E-state index in [1.54, 1.807) is 0 Å². The number of nitrogens with one attached hydrogen (secondary N) is 1. The zero-order chi connectivity index (χ0) is 16.9. The summed E-state index contributed by atoms with van der Waals surface area (Å²) >= 11 is 0. The highest BCUT2D eigenvalue weighted by molar-refractivity contribution is 5.78. The summed E-state index contributed by atoms with van der Waals surface area (Å²) in [5, 5.41) is 3.44. The smallest absolute Gasteiger partial charge is 0.236 e. The molecular weight excluding hydrogens is 300 g/mol. The molecule has 0 aliphatic carbocycles. The van der Waals surface area contributed by atoms with Crippen LogP contribution in [0.4, 0.5) is 5.82 Å². The molecule has 0 aromatic carbocycles. The third kappa shape index (κ3) is 4.69. The number of aryl methyl sites for hydroxylation is 1. The van der Waals surface area contributed by atoms with E-state index in [1.165, 1.54) is 0 Å². The molecule has 0 radical (unpaired) electrons.